The maximum absolute atomic E-state index is 13.9. The zero-order valence-corrected chi connectivity index (χ0v) is 15.0. The highest BCUT2D eigenvalue weighted by Crippen LogP contribution is 2.33. The number of aromatic nitrogens is 1. The summed E-state index contributed by atoms with van der Waals surface area (Å²) >= 11 is 5.67. The molecule has 0 aliphatic rings. The minimum atomic E-state index is -5.25. The molecule has 0 aliphatic carbocycles. The molecule has 0 bridgehead atoms. The Bertz CT molecular complexity index is 826. The summed E-state index contributed by atoms with van der Waals surface area (Å²) in [5.41, 5.74) is -2.81. The summed E-state index contributed by atoms with van der Waals surface area (Å²) in [6.07, 6.45) is -4.16. The van der Waals surface area contributed by atoms with Crippen molar-refractivity contribution in [2.75, 3.05) is 12.4 Å². The first-order chi connectivity index (χ1) is 12.6. The lowest BCUT2D eigenvalue weighted by Gasteiger charge is -2.34. The van der Waals surface area contributed by atoms with Crippen molar-refractivity contribution in [1.29, 1.82) is 0 Å². The highest BCUT2D eigenvalue weighted by molar-refractivity contribution is 6.30. The number of aryl methyl sites for hydroxylation is 1. The Hall–Kier alpha value is -2.81. The number of hydrogen-bond acceptors (Lipinski definition) is 5. The third-order valence-electron chi connectivity index (χ3n) is 3.57. The van der Waals surface area contributed by atoms with Gasteiger partial charge in [0.15, 0.2) is 0 Å². The molecule has 1 atom stereocenters. The SMILES string of the molecule is COC(=O)C(NC(=O)c1ccc(C)cc1)(Nc1ccc(Cl)cn1)C(F)(F)F. The van der Waals surface area contributed by atoms with Crippen LogP contribution in [0.4, 0.5) is 19.0 Å². The van der Waals surface area contributed by atoms with Crippen LogP contribution in [0.25, 0.3) is 0 Å². The van der Waals surface area contributed by atoms with E-state index in [1.54, 1.807) is 24.4 Å². The maximum atomic E-state index is 13.9. The number of halogens is 4. The van der Waals surface area contributed by atoms with Gasteiger partial charge in [-0.05, 0) is 31.2 Å². The van der Waals surface area contributed by atoms with Crippen molar-refractivity contribution >= 4 is 29.3 Å². The lowest BCUT2D eigenvalue weighted by molar-refractivity contribution is -0.203. The minimum absolute atomic E-state index is 0.0657. The fourth-order valence-corrected chi connectivity index (χ4v) is 2.24. The van der Waals surface area contributed by atoms with Crippen molar-refractivity contribution in [3.63, 3.8) is 0 Å². The fraction of sp³-hybridized carbons (Fsp3) is 0.235. The van der Waals surface area contributed by atoms with E-state index in [2.05, 4.69) is 9.72 Å². The second-order valence-corrected chi connectivity index (χ2v) is 5.98. The van der Waals surface area contributed by atoms with Crippen LogP contribution >= 0.6 is 11.6 Å². The van der Waals surface area contributed by atoms with E-state index in [1.807, 2.05) is 5.32 Å². The van der Waals surface area contributed by atoms with Crippen LogP contribution in [-0.4, -0.2) is 35.8 Å². The average Bonchev–Trinajstić information content (AvgIpc) is 2.61. The summed E-state index contributed by atoms with van der Waals surface area (Å²) in [5.74, 6) is -3.22. The number of carbonyl (C=O) groups excluding carboxylic acids is 2. The molecule has 6 nitrogen and oxygen atoms in total. The van der Waals surface area contributed by atoms with E-state index in [0.717, 1.165) is 24.9 Å². The molecule has 1 amide bonds. The lowest BCUT2D eigenvalue weighted by atomic mass is 10.1. The van der Waals surface area contributed by atoms with Crippen molar-refractivity contribution in [3.8, 4) is 0 Å². The third kappa shape index (κ3) is 4.48. The Morgan fingerprint density at radius 3 is 2.22 bits per heavy atom. The van der Waals surface area contributed by atoms with Gasteiger partial charge in [-0.15, -0.1) is 0 Å². The molecule has 1 aromatic heterocycles. The number of hydrogen-bond donors (Lipinski definition) is 2. The molecule has 0 saturated carbocycles. The van der Waals surface area contributed by atoms with Gasteiger partial charge in [0.25, 0.3) is 5.91 Å². The van der Waals surface area contributed by atoms with Gasteiger partial charge in [-0.1, -0.05) is 29.3 Å². The molecule has 0 fully saturated rings. The number of methoxy groups -OCH3 is 1. The molecule has 1 unspecified atom stereocenters. The van der Waals surface area contributed by atoms with Crippen LogP contribution < -0.4 is 10.6 Å². The van der Waals surface area contributed by atoms with Crippen molar-refractivity contribution in [3.05, 3.63) is 58.7 Å². The number of nitrogens with zero attached hydrogens (tertiary/aromatic N) is 1. The standard InChI is InChI=1S/C17H15ClF3N3O3/c1-10-3-5-11(6-4-10)14(25)24-16(15(26)27-2,17(19,20)21)23-13-8-7-12(18)9-22-13/h3-9H,1-2H3,(H,22,23)(H,24,25). The Kier molecular flexibility index (Phi) is 5.94. The summed E-state index contributed by atoms with van der Waals surface area (Å²) in [6.45, 7) is 1.75. The Labute approximate surface area is 157 Å². The Balaban J connectivity index is 2.46. The molecule has 27 heavy (non-hydrogen) atoms. The van der Waals surface area contributed by atoms with Crippen LogP contribution in [-0.2, 0) is 9.53 Å². The number of pyridine rings is 1. The summed E-state index contributed by atoms with van der Waals surface area (Å²) in [5, 5.41) is 3.80. The molecule has 10 heteroatoms. The van der Waals surface area contributed by atoms with Crippen LogP contribution in [0.3, 0.4) is 0 Å². The first-order valence-corrected chi connectivity index (χ1v) is 7.91. The van der Waals surface area contributed by atoms with E-state index in [-0.39, 0.29) is 16.4 Å². The molecule has 2 rings (SSSR count). The van der Waals surface area contributed by atoms with Gasteiger partial charge in [-0.2, -0.15) is 13.2 Å². The predicted octanol–water partition coefficient (Wildman–Crippen LogP) is 3.32. The fourth-order valence-electron chi connectivity index (χ4n) is 2.13. The number of benzene rings is 1. The summed E-state index contributed by atoms with van der Waals surface area (Å²) in [4.78, 5) is 28.2. The first-order valence-electron chi connectivity index (χ1n) is 7.53. The van der Waals surface area contributed by atoms with E-state index < -0.39 is 23.7 Å². The van der Waals surface area contributed by atoms with Crippen molar-refractivity contribution in [2.24, 2.45) is 0 Å². The zero-order chi connectivity index (χ0) is 20.2. The molecule has 1 heterocycles. The zero-order valence-electron chi connectivity index (χ0n) is 14.2. The van der Waals surface area contributed by atoms with Gasteiger partial charge in [0.05, 0.1) is 12.1 Å². The molecule has 0 radical (unpaired) electrons. The van der Waals surface area contributed by atoms with Crippen LogP contribution in [0, 0.1) is 6.92 Å². The number of nitrogens with one attached hydrogen (secondary N) is 2. The Morgan fingerprint density at radius 1 is 1.11 bits per heavy atom. The van der Waals surface area contributed by atoms with Gasteiger partial charge in [0.2, 0.25) is 0 Å². The molecule has 1 aromatic carbocycles. The second-order valence-electron chi connectivity index (χ2n) is 5.55. The van der Waals surface area contributed by atoms with E-state index in [4.69, 9.17) is 11.6 Å². The van der Waals surface area contributed by atoms with Gasteiger partial charge in [0, 0.05) is 11.8 Å². The predicted molar refractivity (Wildman–Crippen MR) is 92.3 cm³/mol. The number of carbonyl (C=O) groups is 2. The maximum Gasteiger partial charge on any atom is 0.441 e. The van der Waals surface area contributed by atoms with Gasteiger partial charge < -0.3 is 15.4 Å². The highest BCUT2D eigenvalue weighted by atomic mass is 35.5. The number of amides is 1. The van der Waals surface area contributed by atoms with Gasteiger partial charge in [-0.25, -0.2) is 9.78 Å². The van der Waals surface area contributed by atoms with E-state index in [9.17, 15) is 22.8 Å². The van der Waals surface area contributed by atoms with Crippen LogP contribution in [0.1, 0.15) is 15.9 Å². The van der Waals surface area contributed by atoms with Crippen molar-refractivity contribution < 1.29 is 27.5 Å². The van der Waals surface area contributed by atoms with E-state index in [1.165, 1.54) is 18.2 Å². The third-order valence-corrected chi connectivity index (χ3v) is 3.80. The van der Waals surface area contributed by atoms with E-state index in [0.29, 0.717) is 0 Å². The number of esters is 1. The summed E-state index contributed by atoms with van der Waals surface area (Å²) < 4.78 is 46.0. The molecule has 144 valence electrons. The number of alkyl halides is 3. The van der Waals surface area contributed by atoms with Gasteiger partial charge in [0.1, 0.15) is 5.82 Å². The largest absolute Gasteiger partial charge is 0.466 e. The van der Waals surface area contributed by atoms with E-state index >= 15 is 0 Å². The summed E-state index contributed by atoms with van der Waals surface area (Å²) in [7, 11) is 0.776. The minimum Gasteiger partial charge on any atom is -0.466 e. The smallest absolute Gasteiger partial charge is 0.441 e. The topological polar surface area (TPSA) is 80.3 Å². The highest BCUT2D eigenvalue weighted by Gasteiger charge is 2.63. The molecule has 2 N–H and O–H groups in total. The quantitative estimate of drug-likeness (QED) is 0.593. The second kappa shape index (κ2) is 7.83. The number of ether oxygens (including phenoxy) is 1. The lowest BCUT2D eigenvalue weighted by Crippen LogP contribution is -2.69. The molecular formula is C17H15ClF3N3O3. The first kappa shape index (κ1) is 20.5. The van der Waals surface area contributed by atoms with Crippen molar-refractivity contribution in [2.45, 2.75) is 18.8 Å². The molecule has 0 spiro atoms. The molecular weight excluding hydrogens is 387 g/mol. The van der Waals surface area contributed by atoms with Crippen LogP contribution in [0.15, 0.2) is 42.6 Å². The van der Waals surface area contributed by atoms with Crippen LogP contribution in [0.2, 0.25) is 5.02 Å². The monoisotopic (exact) mass is 401 g/mol. The van der Waals surface area contributed by atoms with Gasteiger partial charge in [-0.3, -0.25) is 4.79 Å². The van der Waals surface area contributed by atoms with Gasteiger partial charge >= 0.3 is 17.8 Å². The number of rotatable bonds is 5. The molecule has 0 saturated heterocycles. The normalized spacial score (nSPS) is 13.4. The summed E-state index contributed by atoms with van der Waals surface area (Å²) in [6, 6.07) is 8.18. The molecule has 0 aliphatic heterocycles. The molecule has 2 aromatic rings. The Morgan fingerprint density at radius 2 is 1.74 bits per heavy atom. The van der Waals surface area contributed by atoms with Crippen molar-refractivity contribution in [1.82, 2.24) is 10.3 Å². The number of anilines is 1. The average molecular weight is 402 g/mol. The van der Waals surface area contributed by atoms with Crippen LogP contribution in [0.5, 0.6) is 0 Å².